The van der Waals surface area contributed by atoms with Crippen molar-refractivity contribution in [2.45, 2.75) is 31.2 Å². The maximum atomic E-state index is 12.5. The molecule has 1 amide bonds. The van der Waals surface area contributed by atoms with Crippen LogP contribution < -0.4 is 11.1 Å². The van der Waals surface area contributed by atoms with Crippen molar-refractivity contribution >= 4 is 29.4 Å². The molecule has 0 spiro atoms. The van der Waals surface area contributed by atoms with E-state index in [1.165, 1.54) is 18.5 Å². The van der Waals surface area contributed by atoms with Crippen LogP contribution in [0.2, 0.25) is 0 Å². The van der Waals surface area contributed by atoms with E-state index in [0.717, 1.165) is 12.1 Å². The molecular formula is C21H22N4O4. The molecule has 1 aromatic carbocycles. The number of aromatic nitrogens is 1. The minimum atomic E-state index is -0.979. The average Bonchev–Trinajstić information content (AvgIpc) is 2.67. The Morgan fingerprint density at radius 3 is 2.55 bits per heavy atom. The number of rotatable bonds is 7. The first kappa shape index (κ1) is 20.1. The van der Waals surface area contributed by atoms with Crippen LogP contribution in [0.15, 0.2) is 53.8 Å². The lowest BCUT2D eigenvalue weighted by Crippen LogP contribution is -2.54. The van der Waals surface area contributed by atoms with Gasteiger partial charge in [-0.3, -0.25) is 14.6 Å². The van der Waals surface area contributed by atoms with Gasteiger partial charge < -0.3 is 21.3 Å². The Balaban J connectivity index is 1.76. The Morgan fingerprint density at radius 2 is 2.00 bits per heavy atom. The summed E-state index contributed by atoms with van der Waals surface area (Å²) in [5, 5.41) is 22.1. The minimum absolute atomic E-state index is 0.159. The van der Waals surface area contributed by atoms with Crippen LogP contribution >= 0.6 is 0 Å². The molecule has 5 N–H and O–H groups in total. The highest BCUT2D eigenvalue weighted by molar-refractivity contribution is 6.10. The monoisotopic (exact) mass is 394 g/mol. The highest BCUT2D eigenvalue weighted by atomic mass is 16.4. The molecule has 1 heterocycles. The van der Waals surface area contributed by atoms with Gasteiger partial charge in [0.15, 0.2) is 5.69 Å². The van der Waals surface area contributed by atoms with Crippen molar-refractivity contribution in [3.63, 3.8) is 0 Å². The highest BCUT2D eigenvalue weighted by Gasteiger charge is 2.41. The molecule has 1 aliphatic carbocycles. The van der Waals surface area contributed by atoms with E-state index < -0.39 is 17.4 Å². The van der Waals surface area contributed by atoms with Crippen LogP contribution in [-0.2, 0) is 4.79 Å². The molecule has 0 atom stereocenters. The summed E-state index contributed by atoms with van der Waals surface area (Å²) in [5.74, 6) is -1.91. The number of pyridine rings is 1. The number of carbonyl (C=O) groups is 2. The molecule has 150 valence electrons. The van der Waals surface area contributed by atoms with E-state index in [9.17, 15) is 14.7 Å². The summed E-state index contributed by atoms with van der Waals surface area (Å²) in [6.45, 7) is 0. The molecule has 0 bridgehead atoms. The number of benzene rings is 1. The lowest BCUT2D eigenvalue weighted by atomic mass is 9.74. The molecule has 8 nitrogen and oxygen atoms in total. The summed E-state index contributed by atoms with van der Waals surface area (Å²) < 4.78 is 0. The van der Waals surface area contributed by atoms with Gasteiger partial charge in [-0.25, -0.2) is 4.98 Å². The molecule has 8 heteroatoms. The van der Waals surface area contributed by atoms with Crippen LogP contribution in [0.25, 0.3) is 5.57 Å². The van der Waals surface area contributed by atoms with E-state index in [-0.39, 0.29) is 17.9 Å². The number of nitrogens with zero attached hydrogens (tertiary/aromatic N) is 2. The SMILES string of the molecule is N/C=C(\C=Nc1ccccc1)c1cnc(C(=O)NC2(CC(=O)O)CCC2)c(O)c1. The maximum absolute atomic E-state index is 12.5. The summed E-state index contributed by atoms with van der Waals surface area (Å²) in [6.07, 6.45) is 6.14. The maximum Gasteiger partial charge on any atom is 0.305 e. The number of aliphatic imine (C=N–C) groups is 1. The van der Waals surface area contributed by atoms with Crippen molar-refractivity contribution in [1.82, 2.24) is 10.3 Å². The fraction of sp³-hybridized carbons (Fsp3) is 0.238. The van der Waals surface area contributed by atoms with Crippen LogP contribution in [0.1, 0.15) is 41.7 Å². The predicted molar refractivity (Wildman–Crippen MR) is 109 cm³/mol. The Kier molecular flexibility index (Phi) is 5.92. The number of nitrogens with one attached hydrogen (secondary N) is 1. The lowest BCUT2D eigenvalue weighted by molar-refractivity contribution is -0.139. The summed E-state index contributed by atoms with van der Waals surface area (Å²) in [4.78, 5) is 32.0. The van der Waals surface area contributed by atoms with Crippen LogP contribution in [-0.4, -0.2) is 38.8 Å². The Hall–Kier alpha value is -3.68. The van der Waals surface area contributed by atoms with Gasteiger partial charge in [-0.15, -0.1) is 0 Å². The zero-order chi connectivity index (χ0) is 20.9. The third-order valence-corrected chi connectivity index (χ3v) is 4.88. The predicted octanol–water partition coefficient (Wildman–Crippen LogP) is 2.62. The summed E-state index contributed by atoms with van der Waals surface area (Å²) >= 11 is 0. The number of para-hydroxylation sites is 1. The molecule has 3 rings (SSSR count). The molecule has 2 aromatic rings. The Morgan fingerprint density at radius 1 is 1.28 bits per heavy atom. The molecular weight excluding hydrogens is 372 g/mol. The van der Waals surface area contributed by atoms with Crippen molar-refractivity contribution < 1.29 is 19.8 Å². The number of hydrogen-bond acceptors (Lipinski definition) is 6. The number of hydrogen-bond donors (Lipinski definition) is 4. The number of nitrogens with two attached hydrogens (primary N) is 1. The number of aliphatic carboxylic acids is 1. The molecule has 1 saturated carbocycles. The van der Waals surface area contributed by atoms with E-state index in [0.29, 0.717) is 24.0 Å². The zero-order valence-electron chi connectivity index (χ0n) is 15.7. The first-order chi connectivity index (χ1) is 13.9. The van der Waals surface area contributed by atoms with Gasteiger partial charge in [0, 0.05) is 29.7 Å². The molecule has 1 aromatic heterocycles. The van der Waals surface area contributed by atoms with Gasteiger partial charge in [-0.2, -0.15) is 0 Å². The topological polar surface area (TPSA) is 138 Å². The molecule has 0 aliphatic heterocycles. The second-order valence-corrected chi connectivity index (χ2v) is 6.97. The van der Waals surface area contributed by atoms with E-state index in [2.05, 4.69) is 15.3 Å². The lowest BCUT2D eigenvalue weighted by Gasteiger charge is -2.41. The first-order valence-electron chi connectivity index (χ1n) is 9.17. The Labute approximate surface area is 167 Å². The van der Waals surface area contributed by atoms with Crippen molar-refractivity contribution in [2.24, 2.45) is 10.7 Å². The number of amides is 1. The fourth-order valence-electron chi connectivity index (χ4n) is 3.20. The van der Waals surface area contributed by atoms with Gasteiger partial charge in [-0.05, 0) is 37.5 Å². The smallest absolute Gasteiger partial charge is 0.305 e. The Bertz CT molecular complexity index is 966. The van der Waals surface area contributed by atoms with Gasteiger partial charge in [0.1, 0.15) is 5.75 Å². The summed E-state index contributed by atoms with van der Waals surface area (Å²) in [6, 6.07) is 10.6. The van der Waals surface area contributed by atoms with Gasteiger partial charge in [0.2, 0.25) is 0 Å². The van der Waals surface area contributed by atoms with E-state index in [1.54, 1.807) is 6.21 Å². The van der Waals surface area contributed by atoms with Crippen LogP contribution in [0.5, 0.6) is 5.75 Å². The van der Waals surface area contributed by atoms with E-state index in [4.69, 9.17) is 10.8 Å². The number of carboxylic acid groups (broad SMARTS) is 1. The summed E-state index contributed by atoms with van der Waals surface area (Å²) in [7, 11) is 0. The largest absolute Gasteiger partial charge is 0.505 e. The molecule has 0 radical (unpaired) electrons. The first-order valence-corrected chi connectivity index (χ1v) is 9.17. The van der Waals surface area contributed by atoms with Crippen LogP contribution in [0.4, 0.5) is 5.69 Å². The number of carbonyl (C=O) groups excluding carboxylic acids is 1. The number of carboxylic acids is 1. The normalized spacial score (nSPS) is 15.7. The zero-order valence-corrected chi connectivity index (χ0v) is 15.7. The van der Waals surface area contributed by atoms with Gasteiger partial charge in [0.25, 0.3) is 5.91 Å². The van der Waals surface area contributed by atoms with Crippen LogP contribution in [0, 0.1) is 0 Å². The molecule has 0 unspecified atom stereocenters. The third-order valence-electron chi connectivity index (χ3n) is 4.88. The third kappa shape index (κ3) is 4.78. The quantitative estimate of drug-likeness (QED) is 0.533. The summed E-state index contributed by atoms with van der Waals surface area (Å²) in [5.41, 5.74) is 6.48. The average molecular weight is 394 g/mol. The van der Waals surface area contributed by atoms with Gasteiger partial charge >= 0.3 is 5.97 Å². The second-order valence-electron chi connectivity index (χ2n) is 6.97. The number of allylic oxidation sites excluding steroid dienone is 1. The van der Waals surface area contributed by atoms with Crippen molar-refractivity contribution in [2.75, 3.05) is 0 Å². The van der Waals surface area contributed by atoms with E-state index >= 15 is 0 Å². The molecule has 29 heavy (non-hydrogen) atoms. The molecule has 1 fully saturated rings. The van der Waals surface area contributed by atoms with E-state index in [1.807, 2.05) is 30.3 Å². The standard InChI is InChI=1S/C21H22N4O4/c22-11-15(13-23-16-5-2-1-3-6-16)14-9-17(26)19(24-12-14)20(29)25-21(7-4-8-21)10-18(27)28/h1-3,5-6,9,11-13,26H,4,7-8,10,22H2,(H,25,29)(H,27,28)/b15-11+,23-13?. The fourth-order valence-corrected chi connectivity index (χ4v) is 3.20. The molecule has 0 saturated heterocycles. The van der Waals surface area contributed by atoms with Crippen molar-refractivity contribution in [1.29, 1.82) is 0 Å². The van der Waals surface area contributed by atoms with Crippen molar-refractivity contribution in [3.05, 3.63) is 60.1 Å². The van der Waals surface area contributed by atoms with Gasteiger partial charge in [0.05, 0.1) is 17.6 Å². The number of aromatic hydroxyl groups is 1. The van der Waals surface area contributed by atoms with Crippen molar-refractivity contribution in [3.8, 4) is 5.75 Å². The second kappa shape index (κ2) is 8.55. The van der Waals surface area contributed by atoms with Gasteiger partial charge in [-0.1, -0.05) is 18.2 Å². The molecule has 1 aliphatic rings. The highest BCUT2D eigenvalue weighted by Crippen LogP contribution is 2.35. The minimum Gasteiger partial charge on any atom is -0.505 e. The van der Waals surface area contributed by atoms with Crippen LogP contribution in [0.3, 0.4) is 0 Å².